The molecule has 0 saturated heterocycles. The Morgan fingerprint density at radius 2 is 1.58 bits per heavy atom. The Labute approximate surface area is 121 Å². The highest BCUT2D eigenvalue weighted by Crippen LogP contribution is 2.24. The number of rotatable bonds is 8. The summed E-state index contributed by atoms with van der Waals surface area (Å²) in [4.78, 5) is 0. The minimum Gasteiger partial charge on any atom is -0.413 e. The molecular weight excluding hydrogens is 268 g/mol. The first-order valence-corrected chi connectivity index (χ1v) is 13.7. The molecule has 2 nitrogen and oxygen atoms in total. The molecule has 0 saturated carbocycles. The van der Waals surface area contributed by atoms with Crippen LogP contribution >= 0.6 is 0 Å². The molecule has 0 aliphatic rings. The lowest BCUT2D eigenvalue weighted by Gasteiger charge is -2.35. The van der Waals surface area contributed by atoms with Crippen molar-refractivity contribution in [2.45, 2.75) is 64.8 Å². The topological polar surface area (TPSA) is 18.5 Å². The van der Waals surface area contributed by atoms with Crippen molar-refractivity contribution in [3.8, 4) is 12.3 Å². The fourth-order valence-corrected chi connectivity index (χ4v) is 4.23. The van der Waals surface area contributed by atoms with Crippen LogP contribution in [0.2, 0.25) is 39.3 Å². The molecule has 3 atom stereocenters. The van der Waals surface area contributed by atoms with Gasteiger partial charge in [-0.3, -0.25) is 0 Å². The molecule has 0 unspecified atom stereocenters. The van der Waals surface area contributed by atoms with E-state index in [1.807, 2.05) is 6.08 Å². The molecule has 0 aromatic carbocycles. The van der Waals surface area contributed by atoms with Crippen molar-refractivity contribution in [1.29, 1.82) is 0 Å². The molecule has 0 fully saturated rings. The highest BCUT2D eigenvalue weighted by Gasteiger charge is 2.31. The first-order valence-electron chi connectivity index (χ1n) is 6.92. The predicted molar refractivity (Wildman–Crippen MR) is 89.2 cm³/mol. The van der Waals surface area contributed by atoms with E-state index >= 15 is 0 Å². The van der Waals surface area contributed by atoms with Crippen LogP contribution in [0.1, 0.15) is 13.3 Å². The van der Waals surface area contributed by atoms with Gasteiger partial charge in [0.2, 0.25) is 0 Å². The third-order valence-corrected chi connectivity index (χ3v) is 4.64. The maximum absolute atomic E-state index is 6.22. The van der Waals surface area contributed by atoms with Crippen LogP contribution in [0.15, 0.2) is 12.7 Å². The summed E-state index contributed by atoms with van der Waals surface area (Å²) in [6.45, 7) is 19.2. The molecule has 0 radical (unpaired) electrons. The molecule has 0 N–H and O–H groups in total. The molecule has 0 rings (SSSR count). The minimum absolute atomic E-state index is 0.0152. The van der Waals surface area contributed by atoms with Crippen molar-refractivity contribution >= 4 is 16.6 Å². The van der Waals surface area contributed by atoms with Gasteiger partial charge in [-0.1, -0.05) is 13.0 Å². The van der Waals surface area contributed by atoms with Crippen molar-refractivity contribution in [3.63, 3.8) is 0 Å². The third kappa shape index (κ3) is 8.43. The molecule has 0 aromatic rings. The normalized spacial score (nSPS) is 17.4. The summed E-state index contributed by atoms with van der Waals surface area (Å²) in [5.41, 5.74) is 0. The van der Waals surface area contributed by atoms with Crippen LogP contribution in [0.3, 0.4) is 0 Å². The average Bonchev–Trinajstić information content (AvgIpc) is 2.21. The van der Waals surface area contributed by atoms with Gasteiger partial charge in [0.1, 0.15) is 0 Å². The highest BCUT2D eigenvalue weighted by atomic mass is 28.4. The Morgan fingerprint density at radius 1 is 1.11 bits per heavy atom. The monoisotopic (exact) mass is 298 g/mol. The smallest absolute Gasteiger partial charge is 0.184 e. The summed E-state index contributed by atoms with van der Waals surface area (Å²) in [6.07, 6.45) is 8.07. The Morgan fingerprint density at radius 3 is 1.89 bits per heavy atom. The average molecular weight is 299 g/mol. The van der Waals surface area contributed by atoms with E-state index in [1.54, 1.807) is 0 Å². The zero-order valence-corrected chi connectivity index (χ0v) is 15.6. The van der Waals surface area contributed by atoms with Crippen LogP contribution in [0, 0.1) is 18.3 Å². The molecule has 4 heteroatoms. The second-order valence-electron chi connectivity index (χ2n) is 6.97. The quantitative estimate of drug-likeness (QED) is 0.378. The number of terminal acetylenes is 1. The zero-order chi connectivity index (χ0) is 15.3. The van der Waals surface area contributed by atoms with Crippen LogP contribution in [-0.4, -0.2) is 28.8 Å². The number of hydrogen-bond donors (Lipinski definition) is 0. The molecule has 0 amide bonds. The Kier molecular flexibility index (Phi) is 7.30. The molecule has 0 heterocycles. The predicted octanol–water partition coefficient (Wildman–Crippen LogP) is 4.27. The maximum atomic E-state index is 6.22. The van der Waals surface area contributed by atoms with E-state index in [1.165, 1.54) is 0 Å². The van der Waals surface area contributed by atoms with Crippen LogP contribution in [0.5, 0.6) is 0 Å². The summed E-state index contributed by atoms with van der Waals surface area (Å²) >= 11 is 0. The highest BCUT2D eigenvalue weighted by molar-refractivity contribution is 6.70. The van der Waals surface area contributed by atoms with Crippen LogP contribution in [0.4, 0.5) is 0 Å². The third-order valence-electron chi connectivity index (χ3n) is 2.65. The molecule has 0 aromatic heterocycles. The SMILES string of the molecule is C#CC[C@@H](O[Si](C)(C)C)[C@H](C)[C@@H](C=C)O[Si](C)(C)C. The van der Waals surface area contributed by atoms with Crippen molar-refractivity contribution in [2.24, 2.45) is 5.92 Å². The fraction of sp³-hybridized carbons (Fsp3) is 0.733. The summed E-state index contributed by atoms with van der Waals surface area (Å²) in [5, 5.41) is 0. The largest absolute Gasteiger partial charge is 0.413 e. The van der Waals surface area contributed by atoms with Gasteiger partial charge in [-0.05, 0) is 39.3 Å². The molecule has 0 aliphatic heterocycles. The van der Waals surface area contributed by atoms with Crippen LogP contribution in [-0.2, 0) is 8.85 Å². The molecule has 0 bridgehead atoms. The van der Waals surface area contributed by atoms with Crippen molar-refractivity contribution < 1.29 is 8.85 Å². The Bertz CT molecular complexity index is 321. The lowest BCUT2D eigenvalue weighted by Crippen LogP contribution is -2.42. The lowest BCUT2D eigenvalue weighted by atomic mass is 9.96. The van der Waals surface area contributed by atoms with Gasteiger partial charge in [0.25, 0.3) is 0 Å². The van der Waals surface area contributed by atoms with E-state index in [4.69, 9.17) is 15.3 Å². The summed E-state index contributed by atoms with van der Waals surface area (Å²) in [7, 11) is -3.21. The van der Waals surface area contributed by atoms with Gasteiger partial charge in [-0.15, -0.1) is 18.9 Å². The van der Waals surface area contributed by atoms with Gasteiger partial charge < -0.3 is 8.85 Å². The van der Waals surface area contributed by atoms with E-state index in [2.05, 4.69) is 58.7 Å². The van der Waals surface area contributed by atoms with Crippen molar-refractivity contribution in [1.82, 2.24) is 0 Å². The Hall–Kier alpha value is -0.346. The van der Waals surface area contributed by atoms with E-state index in [9.17, 15) is 0 Å². The van der Waals surface area contributed by atoms with Crippen LogP contribution < -0.4 is 0 Å². The maximum Gasteiger partial charge on any atom is 0.184 e. The number of hydrogen-bond acceptors (Lipinski definition) is 2. The molecule has 0 spiro atoms. The van der Waals surface area contributed by atoms with Crippen molar-refractivity contribution in [3.05, 3.63) is 12.7 Å². The molecule has 19 heavy (non-hydrogen) atoms. The van der Waals surface area contributed by atoms with E-state index in [-0.39, 0.29) is 18.1 Å². The molecule has 110 valence electrons. The lowest BCUT2D eigenvalue weighted by molar-refractivity contribution is 0.0684. The second kappa shape index (κ2) is 7.44. The van der Waals surface area contributed by atoms with E-state index in [0.29, 0.717) is 6.42 Å². The first kappa shape index (κ1) is 18.7. The summed E-state index contributed by atoms with van der Waals surface area (Å²) in [5.74, 6) is 2.96. The Balaban J connectivity index is 4.90. The van der Waals surface area contributed by atoms with Gasteiger partial charge >= 0.3 is 0 Å². The summed E-state index contributed by atoms with van der Waals surface area (Å²) < 4.78 is 12.4. The van der Waals surface area contributed by atoms with Gasteiger partial charge in [0, 0.05) is 12.3 Å². The molecule has 0 aliphatic carbocycles. The van der Waals surface area contributed by atoms with Crippen molar-refractivity contribution in [2.75, 3.05) is 0 Å². The van der Waals surface area contributed by atoms with E-state index < -0.39 is 16.6 Å². The summed E-state index contributed by atoms with van der Waals surface area (Å²) in [6, 6.07) is 0. The van der Waals surface area contributed by atoms with Gasteiger partial charge in [-0.25, -0.2) is 0 Å². The second-order valence-corrected chi connectivity index (χ2v) is 15.9. The first-order chi connectivity index (χ1) is 8.50. The van der Waals surface area contributed by atoms with Gasteiger partial charge in [-0.2, -0.15) is 0 Å². The van der Waals surface area contributed by atoms with Gasteiger partial charge in [0.05, 0.1) is 12.2 Å². The van der Waals surface area contributed by atoms with Gasteiger partial charge in [0.15, 0.2) is 16.6 Å². The van der Waals surface area contributed by atoms with Crippen LogP contribution in [0.25, 0.3) is 0 Å². The molecular formula is C15H30O2Si2. The fourth-order valence-electron chi connectivity index (χ4n) is 1.90. The minimum atomic E-state index is -1.61. The zero-order valence-electron chi connectivity index (χ0n) is 13.6. The van der Waals surface area contributed by atoms with E-state index in [0.717, 1.165) is 0 Å². The standard InChI is InChI=1S/C15H30O2Si2/c1-10-12-15(17-19(7,8)9)13(3)14(11-2)16-18(4,5)6/h1,11,13-15H,2,12H2,3-9H3/t13-,14-,15-/m1/s1.